The third-order valence-corrected chi connectivity index (χ3v) is 6.66. The summed E-state index contributed by atoms with van der Waals surface area (Å²) in [6.45, 7) is 4.29. The van der Waals surface area contributed by atoms with Crippen molar-refractivity contribution in [3.8, 4) is 0 Å². The molecule has 0 radical (unpaired) electrons. The Morgan fingerprint density at radius 3 is 2.04 bits per heavy atom. The summed E-state index contributed by atoms with van der Waals surface area (Å²) in [5.74, 6) is 0.208. The van der Waals surface area contributed by atoms with E-state index < -0.39 is 0 Å². The summed E-state index contributed by atoms with van der Waals surface area (Å²) >= 11 is 1.75. The van der Waals surface area contributed by atoms with Crippen molar-refractivity contribution < 1.29 is 9.28 Å². The lowest BCUT2D eigenvalue weighted by atomic mass is 10.1. The van der Waals surface area contributed by atoms with E-state index in [2.05, 4.69) is 38.2 Å². The molecular weight excluding hydrogens is 316 g/mol. The second-order valence-corrected chi connectivity index (χ2v) is 8.10. The molecule has 4 heteroatoms. The minimum atomic E-state index is -0.0308. The molecule has 4 rings (SSSR count). The summed E-state index contributed by atoms with van der Waals surface area (Å²) in [5, 5.41) is 0. The predicted octanol–water partition coefficient (Wildman–Crippen LogP) is 4.44. The number of benzene rings is 2. The van der Waals surface area contributed by atoms with E-state index in [1.165, 1.54) is 12.8 Å². The van der Waals surface area contributed by atoms with Gasteiger partial charge in [-0.1, -0.05) is 36.0 Å². The van der Waals surface area contributed by atoms with Gasteiger partial charge in [0.25, 0.3) is 5.91 Å². The number of fused-ring (bicyclic) bond motifs is 2. The first kappa shape index (κ1) is 15.7. The van der Waals surface area contributed by atoms with Crippen molar-refractivity contribution in [2.75, 3.05) is 25.0 Å². The monoisotopic (exact) mass is 339 g/mol. The Balaban J connectivity index is 1.78. The quantitative estimate of drug-likeness (QED) is 0.754. The number of likely N-dealkylation sites (N-methyl/N-ethyl adjacent to an activating group) is 1. The fourth-order valence-electron chi connectivity index (χ4n) is 3.84. The molecule has 0 aromatic heterocycles. The predicted molar refractivity (Wildman–Crippen MR) is 98.8 cm³/mol. The van der Waals surface area contributed by atoms with Crippen molar-refractivity contribution in [1.29, 1.82) is 0 Å². The molecule has 3 nitrogen and oxygen atoms in total. The molecule has 1 fully saturated rings. The third-order valence-electron chi connectivity index (χ3n) is 5.53. The molecule has 2 aromatic rings. The molecule has 1 amide bonds. The number of amides is 1. The van der Waals surface area contributed by atoms with Gasteiger partial charge in [0.15, 0.2) is 6.04 Å². The van der Waals surface area contributed by atoms with Crippen LogP contribution >= 0.6 is 11.8 Å². The van der Waals surface area contributed by atoms with E-state index in [4.69, 9.17) is 0 Å². The Bertz CT molecular complexity index is 737. The number of hydrogen-bond acceptors (Lipinski definition) is 2. The van der Waals surface area contributed by atoms with Crippen LogP contribution in [0, 0.1) is 0 Å². The number of hydrogen-bond donors (Lipinski definition) is 0. The van der Waals surface area contributed by atoms with Gasteiger partial charge in [0.05, 0.1) is 31.5 Å². The molecule has 0 saturated carbocycles. The zero-order valence-electron chi connectivity index (χ0n) is 14.2. The lowest BCUT2D eigenvalue weighted by Crippen LogP contribution is -2.56. The smallest absolute Gasteiger partial charge is 0.289 e. The maximum absolute atomic E-state index is 13.5. The minimum absolute atomic E-state index is 0.0308. The van der Waals surface area contributed by atoms with E-state index in [0.717, 1.165) is 38.7 Å². The number of carbonyl (C=O) groups is 1. The van der Waals surface area contributed by atoms with Crippen LogP contribution in [-0.4, -0.2) is 36.6 Å². The van der Waals surface area contributed by atoms with E-state index >= 15 is 0 Å². The molecule has 0 N–H and O–H groups in total. The zero-order valence-corrected chi connectivity index (χ0v) is 15.1. The van der Waals surface area contributed by atoms with E-state index in [1.807, 2.05) is 29.2 Å². The molecule has 2 aliphatic rings. The number of quaternary nitrogens is 1. The lowest BCUT2D eigenvalue weighted by Gasteiger charge is -2.39. The van der Waals surface area contributed by atoms with Crippen molar-refractivity contribution in [1.82, 2.24) is 0 Å². The van der Waals surface area contributed by atoms with Gasteiger partial charge < -0.3 is 4.48 Å². The Kier molecular flexibility index (Phi) is 3.89. The number of likely N-dealkylation sites (tertiary alicyclic amines) is 1. The highest BCUT2D eigenvalue weighted by atomic mass is 32.2. The molecule has 124 valence electrons. The van der Waals surface area contributed by atoms with E-state index in [9.17, 15) is 4.79 Å². The van der Waals surface area contributed by atoms with Crippen LogP contribution in [0.15, 0.2) is 58.3 Å². The summed E-state index contributed by atoms with van der Waals surface area (Å²) in [6.07, 6.45) is 2.44. The molecule has 0 spiro atoms. The van der Waals surface area contributed by atoms with Gasteiger partial charge >= 0.3 is 0 Å². The maximum Gasteiger partial charge on any atom is 0.289 e. The largest absolute Gasteiger partial charge is 0.316 e. The van der Waals surface area contributed by atoms with Crippen molar-refractivity contribution >= 4 is 29.0 Å². The van der Waals surface area contributed by atoms with Crippen molar-refractivity contribution in [2.24, 2.45) is 0 Å². The van der Waals surface area contributed by atoms with Crippen LogP contribution in [0.2, 0.25) is 0 Å². The Morgan fingerprint density at radius 1 is 1.00 bits per heavy atom. The summed E-state index contributed by atoms with van der Waals surface area (Å²) in [6, 6.07) is 16.4. The summed E-state index contributed by atoms with van der Waals surface area (Å²) in [4.78, 5) is 17.8. The average molecular weight is 339 g/mol. The molecule has 0 bridgehead atoms. The molecular formula is C20H23N2OS+. The van der Waals surface area contributed by atoms with Gasteiger partial charge in [-0.25, -0.2) is 0 Å². The standard InChI is InChI=1S/C20H23N2OS/c1-15(22(2)13-7-8-14-22)20(23)21-16-9-3-5-11-18(16)24-19-12-6-4-10-17(19)21/h3-6,9-12,15H,7-8,13-14H2,1-2H3/q+1/t15-/m0/s1. The Labute approximate surface area is 147 Å². The van der Waals surface area contributed by atoms with Crippen LogP contribution in [0.4, 0.5) is 11.4 Å². The second kappa shape index (κ2) is 5.94. The minimum Gasteiger partial charge on any atom is -0.316 e. The normalized spacial score (nSPS) is 19.5. The highest BCUT2D eigenvalue weighted by Gasteiger charge is 2.41. The van der Waals surface area contributed by atoms with Crippen LogP contribution in [0.5, 0.6) is 0 Å². The van der Waals surface area contributed by atoms with Gasteiger partial charge in [-0.15, -0.1) is 0 Å². The fraction of sp³-hybridized carbons (Fsp3) is 0.350. The van der Waals surface area contributed by atoms with Gasteiger partial charge in [-0.2, -0.15) is 0 Å². The maximum atomic E-state index is 13.5. The van der Waals surface area contributed by atoms with E-state index in [-0.39, 0.29) is 11.9 Å². The summed E-state index contributed by atoms with van der Waals surface area (Å²) in [5.41, 5.74) is 2.03. The second-order valence-electron chi connectivity index (χ2n) is 7.02. The number of rotatable bonds is 2. The number of carbonyl (C=O) groups excluding carboxylic acids is 1. The Morgan fingerprint density at radius 2 is 1.50 bits per heavy atom. The van der Waals surface area contributed by atoms with E-state index in [1.54, 1.807) is 11.8 Å². The van der Waals surface area contributed by atoms with Crippen LogP contribution in [0.25, 0.3) is 0 Å². The molecule has 2 heterocycles. The van der Waals surface area contributed by atoms with Crippen molar-refractivity contribution in [3.05, 3.63) is 48.5 Å². The highest BCUT2D eigenvalue weighted by Crippen LogP contribution is 2.48. The third kappa shape index (κ3) is 2.45. The molecule has 0 unspecified atom stereocenters. The van der Waals surface area contributed by atoms with Crippen LogP contribution < -0.4 is 4.90 Å². The number of para-hydroxylation sites is 2. The molecule has 1 atom stereocenters. The number of anilines is 2. The van der Waals surface area contributed by atoms with Crippen LogP contribution in [0.1, 0.15) is 19.8 Å². The topological polar surface area (TPSA) is 20.3 Å². The first-order valence-corrected chi connectivity index (χ1v) is 9.46. The molecule has 2 aromatic carbocycles. The zero-order chi connectivity index (χ0) is 16.7. The van der Waals surface area contributed by atoms with Crippen LogP contribution in [-0.2, 0) is 4.79 Å². The molecule has 1 saturated heterocycles. The van der Waals surface area contributed by atoms with Gasteiger partial charge in [-0.05, 0) is 31.2 Å². The van der Waals surface area contributed by atoms with Gasteiger partial charge in [0.1, 0.15) is 0 Å². The summed E-state index contributed by atoms with van der Waals surface area (Å²) < 4.78 is 0.854. The highest BCUT2D eigenvalue weighted by molar-refractivity contribution is 7.99. The Hall–Kier alpha value is -1.78. The van der Waals surface area contributed by atoms with Crippen molar-refractivity contribution in [3.63, 3.8) is 0 Å². The first-order valence-electron chi connectivity index (χ1n) is 8.64. The van der Waals surface area contributed by atoms with Gasteiger partial charge in [0, 0.05) is 22.6 Å². The molecule has 2 aliphatic heterocycles. The van der Waals surface area contributed by atoms with Crippen LogP contribution in [0.3, 0.4) is 0 Å². The SMILES string of the molecule is C[C@@H](C(=O)N1c2ccccc2Sc2ccccc21)[N+]1(C)CCCC1. The molecule has 0 aliphatic carbocycles. The van der Waals surface area contributed by atoms with Gasteiger partial charge in [-0.3, -0.25) is 9.69 Å². The van der Waals surface area contributed by atoms with Crippen molar-refractivity contribution in [2.45, 2.75) is 35.6 Å². The average Bonchev–Trinajstić information content (AvgIpc) is 3.06. The fourth-order valence-corrected chi connectivity index (χ4v) is 4.90. The lowest BCUT2D eigenvalue weighted by molar-refractivity contribution is -0.911. The van der Waals surface area contributed by atoms with Gasteiger partial charge in [0.2, 0.25) is 0 Å². The molecule has 24 heavy (non-hydrogen) atoms. The summed E-state index contributed by atoms with van der Waals surface area (Å²) in [7, 11) is 2.23. The number of nitrogens with zero attached hydrogens (tertiary/aromatic N) is 2. The van der Waals surface area contributed by atoms with E-state index in [0.29, 0.717) is 0 Å². The first-order chi connectivity index (χ1) is 11.6.